The Balaban J connectivity index is 2.77. The average Bonchev–Trinajstić information content (AvgIpc) is 2.27. The second-order valence-electron chi connectivity index (χ2n) is 3.76. The molecule has 0 saturated heterocycles. The zero-order valence-electron chi connectivity index (χ0n) is 9.54. The monoisotopic (exact) mass is 256 g/mol. The summed E-state index contributed by atoms with van der Waals surface area (Å²) >= 11 is 0. The molecule has 0 amide bonds. The number of nitrogens with two attached hydrogens (primary N) is 1. The normalized spacial score (nSPS) is 12.0. The summed E-state index contributed by atoms with van der Waals surface area (Å²) in [5.41, 5.74) is 4.94. The molecular formula is C11H11F3N4. The third kappa shape index (κ3) is 2.21. The zero-order chi connectivity index (χ0) is 13.3. The van der Waals surface area contributed by atoms with E-state index >= 15 is 0 Å². The third-order valence-electron chi connectivity index (χ3n) is 2.47. The molecule has 2 rings (SSSR count). The van der Waals surface area contributed by atoms with Crippen molar-refractivity contribution in [1.29, 1.82) is 0 Å². The number of fused-ring (bicyclic) bond motifs is 1. The van der Waals surface area contributed by atoms with E-state index in [1.165, 1.54) is 6.07 Å². The molecule has 4 nitrogen and oxygen atoms in total. The summed E-state index contributed by atoms with van der Waals surface area (Å²) < 4.78 is 38.6. The first-order valence-corrected chi connectivity index (χ1v) is 5.20. The summed E-state index contributed by atoms with van der Waals surface area (Å²) in [6.07, 6.45) is -4.46. The van der Waals surface area contributed by atoms with Crippen molar-refractivity contribution in [3.05, 3.63) is 29.5 Å². The quantitative estimate of drug-likeness (QED) is 0.862. The van der Waals surface area contributed by atoms with Crippen LogP contribution in [0.5, 0.6) is 0 Å². The van der Waals surface area contributed by atoms with Crippen molar-refractivity contribution in [2.75, 3.05) is 12.8 Å². The summed E-state index contributed by atoms with van der Waals surface area (Å²) in [6.45, 7) is 0.324. The fraction of sp³-hybridized carbons (Fsp3) is 0.273. The van der Waals surface area contributed by atoms with Crippen LogP contribution in [0.3, 0.4) is 0 Å². The van der Waals surface area contributed by atoms with Gasteiger partial charge < -0.3 is 11.1 Å². The number of nitrogens with one attached hydrogen (secondary N) is 1. The molecule has 0 aliphatic heterocycles. The van der Waals surface area contributed by atoms with Crippen LogP contribution in [0.4, 0.5) is 19.1 Å². The molecule has 0 aliphatic rings. The minimum Gasteiger partial charge on any atom is -0.368 e. The molecule has 7 heteroatoms. The fourth-order valence-corrected chi connectivity index (χ4v) is 1.77. The molecule has 0 aliphatic carbocycles. The zero-order valence-corrected chi connectivity index (χ0v) is 9.54. The van der Waals surface area contributed by atoms with Crippen LogP contribution in [0.15, 0.2) is 18.2 Å². The molecule has 0 unspecified atom stereocenters. The summed E-state index contributed by atoms with van der Waals surface area (Å²) in [7, 11) is 1.68. The number of nitrogens with zero attached hydrogens (tertiary/aromatic N) is 2. The van der Waals surface area contributed by atoms with E-state index in [0.29, 0.717) is 17.6 Å². The van der Waals surface area contributed by atoms with Gasteiger partial charge in [-0.05, 0) is 13.1 Å². The molecule has 96 valence electrons. The molecule has 0 saturated carbocycles. The van der Waals surface area contributed by atoms with Crippen LogP contribution in [0.25, 0.3) is 10.9 Å². The molecule has 1 aromatic heterocycles. The maximum absolute atomic E-state index is 12.9. The second kappa shape index (κ2) is 4.41. The lowest BCUT2D eigenvalue weighted by Gasteiger charge is -2.12. The topological polar surface area (TPSA) is 63.8 Å². The highest BCUT2D eigenvalue weighted by molar-refractivity contribution is 5.85. The van der Waals surface area contributed by atoms with Crippen molar-refractivity contribution in [3.8, 4) is 0 Å². The Morgan fingerprint density at radius 3 is 2.61 bits per heavy atom. The Kier molecular flexibility index (Phi) is 3.08. The first-order chi connectivity index (χ1) is 8.43. The summed E-state index contributed by atoms with van der Waals surface area (Å²) in [6, 6.07) is 3.87. The highest BCUT2D eigenvalue weighted by Crippen LogP contribution is 2.34. The highest BCUT2D eigenvalue weighted by Gasteiger charge is 2.33. The molecular weight excluding hydrogens is 245 g/mol. The Labute approximate surface area is 101 Å². The molecule has 18 heavy (non-hydrogen) atoms. The van der Waals surface area contributed by atoms with Gasteiger partial charge in [0.15, 0.2) is 0 Å². The first kappa shape index (κ1) is 12.6. The number of hydrogen-bond donors (Lipinski definition) is 2. The van der Waals surface area contributed by atoms with Gasteiger partial charge in [0, 0.05) is 11.9 Å². The Morgan fingerprint density at radius 1 is 1.28 bits per heavy atom. The van der Waals surface area contributed by atoms with Crippen LogP contribution < -0.4 is 11.1 Å². The highest BCUT2D eigenvalue weighted by atomic mass is 19.4. The molecule has 1 aromatic carbocycles. The maximum atomic E-state index is 12.9. The number of hydrogen-bond acceptors (Lipinski definition) is 4. The van der Waals surface area contributed by atoms with Crippen molar-refractivity contribution in [2.45, 2.75) is 12.7 Å². The van der Waals surface area contributed by atoms with Gasteiger partial charge in [0.1, 0.15) is 0 Å². The maximum Gasteiger partial charge on any atom is 0.418 e. The number of anilines is 1. The molecule has 1 heterocycles. The predicted octanol–water partition coefficient (Wildman–Crippen LogP) is 1.95. The summed E-state index contributed by atoms with van der Waals surface area (Å²) in [4.78, 5) is 7.65. The summed E-state index contributed by atoms with van der Waals surface area (Å²) in [5, 5.41) is 3.19. The first-order valence-electron chi connectivity index (χ1n) is 5.20. The second-order valence-corrected chi connectivity index (χ2v) is 3.76. The van der Waals surface area contributed by atoms with Crippen molar-refractivity contribution < 1.29 is 13.2 Å². The average molecular weight is 256 g/mol. The van der Waals surface area contributed by atoms with E-state index in [1.807, 2.05) is 0 Å². The van der Waals surface area contributed by atoms with E-state index in [9.17, 15) is 13.2 Å². The third-order valence-corrected chi connectivity index (χ3v) is 2.47. The molecule has 0 fully saturated rings. The van der Waals surface area contributed by atoms with Crippen molar-refractivity contribution in [1.82, 2.24) is 15.3 Å². The van der Waals surface area contributed by atoms with Gasteiger partial charge in [0.2, 0.25) is 5.95 Å². The number of para-hydroxylation sites is 1. The lowest BCUT2D eigenvalue weighted by molar-refractivity contribution is -0.136. The molecule has 0 bridgehead atoms. The standard InChI is InChI=1S/C11H11F3N4/c1-16-5-8-6-3-2-4-7(11(12,13)14)9(6)18-10(15)17-8/h2-4,16H,5H2,1H3,(H2,15,17,18). The fourth-order valence-electron chi connectivity index (χ4n) is 1.77. The lowest BCUT2D eigenvalue weighted by atomic mass is 10.1. The molecule has 0 radical (unpaired) electrons. The van der Waals surface area contributed by atoms with Crippen molar-refractivity contribution >= 4 is 16.9 Å². The van der Waals surface area contributed by atoms with Crippen LogP contribution in [-0.2, 0) is 12.7 Å². The number of nitrogen functional groups attached to an aromatic ring is 1. The minimum absolute atomic E-state index is 0.163. The Morgan fingerprint density at radius 2 is 2.00 bits per heavy atom. The van der Waals surface area contributed by atoms with Crippen LogP contribution in [0, 0.1) is 0 Å². The van der Waals surface area contributed by atoms with E-state index in [-0.39, 0.29) is 11.5 Å². The van der Waals surface area contributed by atoms with Gasteiger partial charge in [-0.1, -0.05) is 12.1 Å². The van der Waals surface area contributed by atoms with E-state index in [4.69, 9.17) is 5.73 Å². The van der Waals surface area contributed by atoms with Gasteiger partial charge in [-0.15, -0.1) is 0 Å². The summed E-state index contributed by atoms with van der Waals surface area (Å²) in [5.74, 6) is -0.163. The van der Waals surface area contributed by atoms with Gasteiger partial charge in [0.25, 0.3) is 0 Å². The van der Waals surface area contributed by atoms with Gasteiger partial charge in [-0.2, -0.15) is 13.2 Å². The number of rotatable bonds is 2. The van der Waals surface area contributed by atoms with Crippen molar-refractivity contribution in [2.24, 2.45) is 0 Å². The van der Waals surface area contributed by atoms with Gasteiger partial charge in [-0.3, -0.25) is 0 Å². The molecule has 0 atom stereocenters. The number of alkyl halides is 3. The van der Waals surface area contributed by atoms with Crippen LogP contribution in [-0.4, -0.2) is 17.0 Å². The SMILES string of the molecule is CNCc1nc(N)nc2c(C(F)(F)F)cccc12. The smallest absolute Gasteiger partial charge is 0.368 e. The van der Waals surface area contributed by atoms with Crippen molar-refractivity contribution in [3.63, 3.8) is 0 Å². The molecule has 3 N–H and O–H groups in total. The van der Waals surface area contributed by atoms with E-state index in [1.54, 1.807) is 13.1 Å². The van der Waals surface area contributed by atoms with Gasteiger partial charge in [-0.25, -0.2) is 9.97 Å². The lowest BCUT2D eigenvalue weighted by Crippen LogP contribution is -2.12. The van der Waals surface area contributed by atoms with Gasteiger partial charge >= 0.3 is 6.18 Å². The largest absolute Gasteiger partial charge is 0.418 e. The van der Waals surface area contributed by atoms with Crippen LogP contribution in [0.1, 0.15) is 11.3 Å². The van der Waals surface area contributed by atoms with Crippen LogP contribution >= 0.6 is 0 Å². The minimum atomic E-state index is -4.46. The number of halogens is 3. The Bertz CT molecular complexity index is 580. The van der Waals surface area contributed by atoms with Crippen LogP contribution in [0.2, 0.25) is 0 Å². The Hall–Kier alpha value is -1.89. The predicted molar refractivity (Wildman–Crippen MR) is 61.7 cm³/mol. The number of benzene rings is 1. The van der Waals surface area contributed by atoms with Gasteiger partial charge in [0.05, 0.1) is 16.8 Å². The molecule has 2 aromatic rings. The number of aromatic nitrogens is 2. The van der Waals surface area contributed by atoms with E-state index in [0.717, 1.165) is 6.07 Å². The van der Waals surface area contributed by atoms with E-state index in [2.05, 4.69) is 15.3 Å². The molecule has 0 spiro atoms. The van der Waals surface area contributed by atoms with E-state index < -0.39 is 11.7 Å².